The maximum absolute atomic E-state index is 12.3. The minimum absolute atomic E-state index is 0.0491. The molecule has 1 aliphatic heterocycles. The molecule has 1 aliphatic rings. The van der Waals surface area contributed by atoms with E-state index in [0.717, 1.165) is 19.4 Å². The van der Waals surface area contributed by atoms with Crippen LogP contribution in [-0.4, -0.2) is 36.3 Å². The minimum atomic E-state index is -0.906. The summed E-state index contributed by atoms with van der Waals surface area (Å²) < 4.78 is 16.7. The van der Waals surface area contributed by atoms with Crippen LogP contribution in [0.3, 0.4) is 0 Å². The van der Waals surface area contributed by atoms with Crippen molar-refractivity contribution >= 4 is 17.3 Å². The van der Waals surface area contributed by atoms with Crippen molar-refractivity contribution in [3.05, 3.63) is 58.6 Å². The summed E-state index contributed by atoms with van der Waals surface area (Å²) in [6.45, 7) is 2.82. The van der Waals surface area contributed by atoms with Gasteiger partial charge in [0.2, 0.25) is 0 Å². The van der Waals surface area contributed by atoms with Gasteiger partial charge in [0, 0.05) is 18.4 Å². The molecule has 0 radical (unpaired) electrons. The van der Waals surface area contributed by atoms with Crippen LogP contribution in [0, 0.1) is 10.1 Å². The van der Waals surface area contributed by atoms with Gasteiger partial charge in [-0.1, -0.05) is 12.1 Å². The Bertz CT molecular complexity index is 818. The molecule has 0 aliphatic carbocycles. The van der Waals surface area contributed by atoms with Crippen LogP contribution < -0.4 is 14.8 Å². The molecule has 0 bridgehead atoms. The summed E-state index contributed by atoms with van der Waals surface area (Å²) in [6, 6.07) is 12.9. The Morgan fingerprint density at radius 3 is 2.71 bits per heavy atom. The zero-order valence-corrected chi connectivity index (χ0v) is 15.5. The molecule has 3 rings (SSSR count). The lowest BCUT2D eigenvalue weighted by atomic mass is 10.2. The fourth-order valence-corrected chi connectivity index (χ4v) is 2.79. The largest absolute Gasteiger partial charge is 0.491 e. The minimum Gasteiger partial charge on any atom is -0.491 e. The lowest BCUT2D eigenvalue weighted by molar-refractivity contribution is -0.386. The number of hydrogen-bond donors (Lipinski definition) is 1. The molecule has 8 heteroatoms. The van der Waals surface area contributed by atoms with Gasteiger partial charge in [0.05, 0.1) is 11.0 Å². The molecule has 148 valence electrons. The van der Waals surface area contributed by atoms with Gasteiger partial charge in [-0.3, -0.25) is 14.9 Å². The molecule has 1 fully saturated rings. The summed E-state index contributed by atoms with van der Waals surface area (Å²) in [5.41, 5.74) is 0.391. The smallest absolute Gasteiger partial charge is 0.310 e. The van der Waals surface area contributed by atoms with Crippen LogP contribution in [0.1, 0.15) is 19.8 Å². The summed E-state index contributed by atoms with van der Waals surface area (Å²) in [6.07, 6.45) is 1.30. The predicted octanol–water partition coefficient (Wildman–Crippen LogP) is 3.56. The number of carbonyl (C=O) groups is 1. The highest BCUT2D eigenvalue weighted by molar-refractivity contribution is 5.94. The number of benzene rings is 2. The van der Waals surface area contributed by atoms with Crippen molar-refractivity contribution in [3.63, 3.8) is 0 Å². The predicted molar refractivity (Wildman–Crippen MR) is 103 cm³/mol. The van der Waals surface area contributed by atoms with Crippen LogP contribution in [0.4, 0.5) is 11.4 Å². The number of rotatable bonds is 8. The number of hydrogen-bond acceptors (Lipinski definition) is 6. The Balaban J connectivity index is 1.53. The maximum Gasteiger partial charge on any atom is 0.310 e. The Labute approximate surface area is 162 Å². The summed E-state index contributed by atoms with van der Waals surface area (Å²) in [7, 11) is 0. The summed E-state index contributed by atoms with van der Waals surface area (Å²) in [5.74, 6) is 0.330. The third-order valence-electron chi connectivity index (χ3n) is 4.32. The van der Waals surface area contributed by atoms with Gasteiger partial charge < -0.3 is 19.5 Å². The molecule has 28 heavy (non-hydrogen) atoms. The second-order valence-corrected chi connectivity index (χ2v) is 6.44. The number of amides is 1. The van der Waals surface area contributed by atoms with E-state index in [1.807, 2.05) is 0 Å². The molecule has 0 aromatic heterocycles. The van der Waals surface area contributed by atoms with Gasteiger partial charge in [-0.15, -0.1) is 0 Å². The zero-order valence-electron chi connectivity index (χ0n) is 15.5. The number of nitrogens with one attached hydrogen (secondary N) is 1. The average Bonchev–Trinajstić information content (AvgIpc) is 3.21. The lowest BCUT2D eigenvalue weighted by Crippen LogP contribution is -2.30. The summed E-state index contributed by atoms with van der Waals surface area (Å²) >= 11 is 0. The molecule has 0 saturated carbocycles. The van der Waals surface area contributed by atoms with Crippen LogP contribution in [0.2, 0.25) is 0 Å². The Morgan fingerprint density at radius 2 is 2.04 bits per heavy atom. The van der Waals surface area contributed by atoms with Crippen LogP contribution in [0.5, 0.6) is 11.5 Å². The van der Waals surface area contributed by atoms with Gasteiger partial charge in [0.15, 0.2) is 11.9 Å². The van der Waals surface area contributed by atoms with Gasteiger partial charge in [-0.2, -0.15) is 0 Å². The number of carbonyl (C=O) groups excluding carboxylic acids is 1. The van der Waals surface area contributed by atoms with Crippen molar-refractivity contribution in [1.29, 1.82) is 0 Å². The SMILES string of the molecule is C[C@H](Oc1ccccc1[N+](=O)[O-])C(=O)Nc1ccc(OC[C@H]2CCCO2)cc1. The molecule has 2 aromatic carbocycles. The molecule has 2 atom stereocenters. The quantitative estimate of drug-likeness (QED) is 0.550. The standard InChI is InChI=1S/C20H22N2O6/c1-14(28-19-7-3-2-6-18(19)22(24)25)20(23)21-15-8-10-16(11-9-15)27-13-17-5-4-12-26-17/h2-3,6-11,14,17H,4-5,12-13H2,1H3,(H,21,23)/t14-,17+/m0/s1. The van der Waals surface area contributed by atoms with E-state index >= 15 is 0 Å². The first-order chi connectivity index (χ1) is 13.5. The highest BCUT2D eigenvalue weighted by atomic mass is 16.6. The van der Waals surface area contributed by atoms with Crippen molar-refractivity contribution in [2.75, 3.05) is 18.5 Å². The molecule has 1 N–H and O–H groups in total. The molecular weight excluding hydrogens is 364 g/mol. The van der Waals surface area contributed by atoms with Crippen LogP contribution in [0.15, 0.2) is 48.5 Å². The van der Waals surface area contributed by atoms with E-state index in [9.17, 15) is 14.9 Å². The fourth-order valence-electron chi connectivity index (χ4n) is 2.79. The van der Waals surface area contributed by atoms with Crippen molar-refractivity contribution in [1.82, 2.24) is 0 Å². The van der Waals surface area contributed by atoms with Crippen LogP contribution >= 0.6 is 0 Å². The van der Waals surface area contributed by atoms with Crippen LogP contribution in [0.25, 0.3) is 0 Å². The van der Waals surface area contributed by atoms with Gasteiger partial charge in [0.25, 0.3) is 5.91 Å². The van der Waals surface area contributed by atoms with E-state index in [2.05, 4.69) is 5.32 Å². The highest BCUT2D eigenvalue weighted by Crippen LogP contribution is 2.27. The van der Waals surface area contributed by atoms with E-state index in [1.165, 1.54) is 25.1 Å². The molecule has 1 saturated heterocycles. The molecule has 2 aromatic rings. The Morgan fingerprint density at radius 1 is 1.29 bits per heavy atom. The third kappa shape index (κ3) is 5.20. The van der Waals surface area contributed by atoms with Crippen molar-refractivity contribution in [2.45, 2.75) is 32.0 Å². The fraction of sp³-hybridized carbons (Fsp3) is 0.350. The highest BCUT2D eigenvalue weighted by Gasteiger charge is 2.21. The van der Waals surface area contributed by atoms with E-state index < -0.39 is 16.9 Å². The number of nitro benzene ring substituents is 1. The lowest BCUT2D eigenvalue weighted by Gasteiger charge is -2.15. The summed E-state index contributed by atoms with van der Waals surface area (Å²) in [4.78, 5) is 22.8. The van der Waals surface area contributed by atoms with E-state index in [4.69, 9.17) is 14.2 Å². The van der Waals surface area contributed by atoms with E-state index in [0.29, 0.717) is 18.0 Å². The molecule has 1 heterocycles. The van der Waals surface area contributed by atoms with Crippen LogP contribution in [-0.2, 0) is 9.53 Å². The molecule has 0 unspecified atom stereocenters. The van der Waals surface area contributed by atoms with Gasteiger partial charge in [-0.05, 0) is 50.1 Å². The number of anilines is 1. The van der Waals surface area contributed by atoms with Crippen molar-refractivity contribution in [2.24, 2.45) is 0 Å². The van der Waals surface area contributed by atoms with Gasteiger partial charge in [0.1, 0.15) is 12.4 Å². The first kappa shape index (κ1) is 19.6. The maximum atomic E-state index is 12.3. The second kappa shape index (κ2) is 9.18. The Hall–Kier alpha value is -3.13. The van der Waals surface area contributed by atoms with E-state index in [-0.39, 0.29) is 17.5 Å². The summed E-state index contributed by atoms with van der Waals surface area (Å²) in [5, 5.41) is 13.8. The Kier molecular flexibility index (Phi) is 6.44. The normalized spacial score (nSPS) is 17.0. The molecular formula is C20H22N2O6. The topological polar surface area (TPSA) is 99.9 Å². The third-order valence-corrected chi connectivity index (χ3v) is 4.32. The van der Waals surface area contributed by atoms with Gasteiger partial charge >= 0.3 is 5.69 Å². The monoisotopic (exact) mass is 386 g/mol. The number of nitro groups is 1. The first-order valence-corrected chi connectivity index (χ1v) is 9.08. The molecule has 1 amide bonds. The van der Waals surface area contributed by atoms with Crippen molar-refractivity contribution < 1.29 is 23.9 Å². The molecule has 8 nitrogen and oxygen atoms in total. The second-order valence-electron chi connectivity index (χ2n) is 6.44. The first-order valence-electron chi connectivity index (χ1n) is 9.08. The number of para-hydroxylation sites is 2. The van der Waals surface area contributed by atoms with Crippen molar-refractivity contribution in [3.8, 4) is 11.5 Å². The van der Waals surface area contributed by atoms with Gasteiger partial charge in [-0.25, -0.2) is 0 Å². The van der Waals surface area contributed by atoms with E-state index in [1.54, 1.807) is 30.3 Å². The number of ether oxygens (including phenoxy) is 3. The molecule has 0 spiro atoms. The zero-order chi connectivity index (χ0) is 19.9. The average molecular weight is 386 g/mol. The number of nitrogens with zero attached hydrogens (tertiary/aromatic N) is 1.